The van der Waals surface area contributed by atoms with Crippen LogP contribution in [0, 0.1) is 6.92 Å². The molecule has 5 heteroatoms. The van der Waals surface area contributed by atoms with Gasteiger partial charge in [-0.2, -0.15) is 0 Å². The second-order valence-corrected chi connectivity index (χ2v) is 4.56. The Balaban J connectivity index is 2.16. The van der Waals surface area contributed by atoms with Gasteiger partial charge in [0.25, 0.3) is 0 Å². The van der Waals surface area contributed by atoms with Crippen LogP contribution in [0.15, 0.2) is 29.4 Å². The lowest BCUT2D eigenvalue weighted by Gasteiger charge is -2.05. The molecule has 0 saturated heterocycles. The van der Waals surface area contributed by atoms with Crippen molar-refractivity contribution in [1.29, 1.82) is 0 Å². The van der Waals surface area contributed by atoms with E-state index in [9.17, 15) is 4.79 Å². The number of nitrogens with one attached hydrogen (secondary N) is 1. The van der Waals surface area contributed by atoms with Crippen molar-refractivity contribution in [3.8, 4) is 0 Å². The van der Waals surface area contributed by atoms with Crippen LogP contribution in [0.3, 0.4) is 0 Å². The number of hydrogen-bond donors (Lipinski definition) is 3. The Labute approximate surface area is 113 Å². The number of amidine groups is 1. The highest BCUT2D eigenvalue weighted by Crippen LogP contribution is 2.03. The lowest BCUT2D eigenvalue weighted by molar-refractivity contribution is -0.120. The van der Waals surface area contributed by atoms with E-state index in [1.54, 1.807) is 0 Å². The molecular weight excluding hydrogens is 242 g/mol. The smallest absolute Gasteiger partial charge is 0.224 e. The molecule has 0 bridgehead atoms. The number of nitrogens with zero attached hydrogens (tertiary/aromatic N) is 1. The van der Waals surface area contributed by atoms with E-state index in [0.717, 1.165) is 18.4 Å². The summed E-state index contributed by atoms with van der Waals surface area (Å²) in [6, 6.07) is 7.93. The number of carbonyl (C=O) groups excluding carboxylic acids is 1. The molecule has 1 rings (SSSR count). The first-order valence-electron chi connectivity index (χ1n) is 6.40. The Hall–Kier alpha value is -2.04. The molecule has 4 N–H and O–H groups in total. The molecule has 0 aliphatic heterocycles. The fourth-order valence-corrected chi connectivity index (χ4v) is 1.66. The van der Waals surface area contributed by atoms with Crippen LogP contribution in [0.5, 0.6) is 0 Å². The molecule has 0 fully saturated rings. The first-order chi connectivity index (χ1) is 9.11. The molecule has 0 atom stereocenters. The lowest BCUT2D eigenvalue weighted by atomic mass is 10.1. The average molecular weight is 263 g/mol. The largest absolute Gasteiger partial charge is 0.409 e. The summed E-state index contributed by atoms with van der Waals surface area (Å²) in [5.74, 6) is 0.249. The van der Waals surface area contributed by atoms with Crippen molar-refractivity contribution >= 4 is 11.7 Å². The van der Waals surface area contributed by atoms with Crippen LogP contribution in [0.2, 0.25) is 0 Å². The van der Waals surface area contributed by atoms with Crippen molar-refractivity contribution < 1.29 is 10.0 Å². The van der Waals surface area contributed by atoms with Crippen LogP contribution < -0.4 is 11.1 Å². The number of benzene rings is 1. The third-order valence-corrected chi connectivity index (χ3v) is 2.80. The molecule has 0 unspecified atom stereocenters. The van der Waals surface area contributed by atoms with Gasteiger partial charge in [-0.05, 0) is 25.3 Å². The summed E-state index contributed by atoms with van der Waals surface area (Å²) in [6.07, 6.45) is 2.56. The van der Waals surface area contributed by atoms with Crippen LogP contribution in [-0.4, -0.2) is 23.5 Å². The number of aryl methyl sites for hydroxylation is 1. The molecular formula is C14H21N3O2. The zero-order valence-corrected chi connectivity index (χ0v) is 11.2. The zero-order chi connectivity index (χ0) is 14.1. The summed E-state index contributed by atoms with van der Waals surface area (Å²) < 4.78 is 0. The minimum absolute atomic E-state index is 0.0210. The number of carbonyl (C=O) groups is 1. The Kier molecular flexibility index (Phi) is 6.43. The fraction of sp³-hybridized carbons (Fsp3) is 0.429. The van der Waals surface area contributed by atoms with Crippen LogP contribution in [0.4, 0.5) is 0 Å². The minimum Gasteiger partial charge on any atom is -0.409 e. The number of unbranched alkanes of at least 4 members (excludes halogenated alkanes) is 1. The van der Waals surface area contributed by atoms with E-state index in [2.05, 4.69) is 10.5 Å². The third-order valence-electron chi connectivity index (χ3n) is 2.80. The van der Waals surface area contributed by atoms with Gasteiger partial charge >= 0.3 is 0 Å². The number of amides is 1. The SMILES string of the molecule is Cc1ccc(CC(=O)NCCCCC(N)=NO)cc1. The van der Waals surface area contributed by atoms with Gasteiger partial charge in [0.1, 0.15) is 5.84 Å². The maximum atomic E-state index is 11.7. The van der Waals surface area contributed by atoms with Gasteiger partial charge in [-0.25, -0.2) is 0 Å². The molecule has 0 heterocycles. The van der Waals surface area contributed by atoms with E-state index in [1.165, 1.54) is 5.56 Å². The molecule has 0 radical (unpaired) electrons. The molecule has 1 aromatic carbocycles. The molecule has 19 heavy (non-hydrogen) atoms. The van der Waals surface area contributed by atoms with Gasteiger partial charge in [0.2, 0.25) is 5.91 Å². The van der Waals surface area contributed by atoms with E-state index in [1.807, 2.05) is 31.2 Å². The van der Waals surface area contributed by atoms with Gasteiger partial charge < -0.3 is 16.3 Å². The predicted molar refractivity (Wildman–Crippen MR) is 75.2 cm³/mol. The molecule has 0 aliphatic rings. The summed E-state index contributed by atoms with van der Waals surface area (Å²) in [5.41, 5.74) is 7.54. The maximum absolute atomic E-state index is 11.7. The van der Waals surface area contributed by atoms with Crippen LogP contribution in [0.25, 0.3) is 0 Å². The Morgan fingerprint density at radius 2 is 2.00 bits per heavy atom. The van der Waals surface area contributed by atoms with Crippen molar-refractivity contribution in [1.82, 2.24) is 5.32 Å². The van der Waals surface area contributed by atoms with Crippen molar-refractivity contribution in [2.75, 3.05) is 6.54 Å². The predicted octanol–water partition coefficient (Wildman–Crippen LogP) is 1.57. The lowest BCUT2D eigenvalue weighted by Crippen LogP contribution is -2.26. The highest BCUT2D eigenvalue weighted by molar-refractivity contribution is 5.79. The molecule has 0 aliphatic carbocycles. The van der Waals surface area contributed by atoms with E-state index in [-0.39, 0.29) is 11.7 Å². The summed E-state index contributed by atoms with van der Waals surface area (Å²) in [7, 11) is 0. The summed E-state index contributed by atoms with van der Waals surface area (Å²) in [5, 5.41) is 14.1. The highest BCUT2D eigenvalue weighted by Gasteiger charge is 2.02. The molecule has 104 valence electrons. The topological polar surface area (TPSA) is 87.7 Å². The van der Waals surface area contributed by atoms with Gasteiger partial charge in [0.15, 0.2) is 0 Å². The monoisotopic (exact) mass is 263 g/mol. The minimum atomic E-state index is 0.0210. The molecule has 0 saturated carbocycles. The van der Waals surface area contributed by atoms with Gasteiger partial charge in [-0.15, -0.1) is 0 Å². The Bertz CT molecular complexity index is 427. The number of hydrogen-bond acceptors (Lipinski definition) is 3. The van der Waals surface area contributed by atoms with Crippen LogP contribution in [0.1, 0.15) is 30.4 Å². The quantitative estimate of drug-likeness (QED) is 0.229. The van der Waals surface area contributed by atoms with E-state index in [4.69, 9.17) is 10.9 Å². The highest BCUT2D eigenvalue weighted by atomic mass is 16.4. The number of rotatable bonds is 7. The van der Waals surface area contributed by atoms with E-state index in [0.29, 0.717) is 19.4 Å². The van der Waals surface area contributed by atoms with Crippen molar-refractivity contribution in [2.24, 2.45) is 10.9 Å². The summed E-state index contributed by atoms with van der Waals surface area (Å²) >= 11 is 0. The first kappa shape index (κ1) is 15.0. The van der Waals surface area contributed by atoms with Gasteiger partial charge in [0.05, 0.1) is 6.42 Å². The molecule has 1 aromatic rings. The Morgan fingerprint density at radius 3 is 2.63 bits per heavy atom. The average Bonchev–Trinajstić information content (AvgIpc) is 2.40. The molecule has 5 nitrogen and oxygen atoms in total. The Morgan fingerprint density at radius 1 is 1.32 bits per heavy atom. The standard InChI is InChI=1S/C14H21N3O2/c1-11-5-7-12(8-6-11)10-14(18)16-9-3-2-4-13(15)17-19/h5-8,19H,2-4,9-10H2,1H3,(H2,15,17)(H,16,18). The fourth-order valence-electron chi connectivity index (χ4n) is 1.66. The third kappa shape index (κ3) is 6.45. The van der Waals surface area contributed by atoms with Gasteiger partial charge in [0, 0.05) is 13.0 Å². The maximum Gasteiger partial charge on any atom is 0.224 e. The summed E-state index contributed by atoms with van der Waals surface area (Å²) in [4.78, 5) is 11.7. The van der Waals surface area contributed by atoms with Gasteiger partial charge in [-0.3, -0.25) is 4.79 Å². The second kappa shape index (κ2) is 8.13. The van der Waals surface area contributed by atoms with Crippen LogP contribution >= 0.6 is 0 Å². The van der Waals surface area contributed by atoms with Crippen molar-refractivity contribution in [2.45, 2.75) is 32.6 Å². The molecule has 0 aromatic heterocycles. The van der Waals surface area contributed by atoms with E-state index >= 15 is 0 Å². The number of nitrogens with two attached hydrogens (primary N) is 1. The normalized spacial score (nSPS) is 11.3. The van der Waals surface area contributed by atoms with E-state index < -0.39 is 0 Å². The van der Waals surface area contributed by atoms with Crippen molar-refractivity contribution in [3.05, 3.63) is 35.4 Å². The van der Waals surface area contributed by atoms with Crippen LogP contribution in [-0.2, 0) is 11.2 Å². The first-order valence-corrected chi connectivity index (χ1v) is 6.40. The van der Waals surface area contributed by atoms with Crippen molar-refractivity contribution in [3.63, 3.8) is 0 Å². The van der Waals surface area contributed by atoms with Gasteiger partial charge in [-0.1, -0.05) is 35.0 Å². The second-order valence-electron chi connectivity index (χ2n) is 4.56. The molecule has 1 amide bonds. The zero-order valence-electron chi connectivity index (χ0n) is 11.2. The molecule has 0 spiro atoms. The number of oxime groups is 1. The summed E-state index contributed by atoms with van der Waals surface area (Å²) in [6.45, 7) is 2.63.